The number of hydrogen-bond acceptors (Lipinski definition) is 6. The third-order valence-electron chi connectivity index (χ3n) is 5.59. The number of carbonyl (C=O) groups excluding carboxylic acids is 2. The summed E-state index contributed by atoms with van der Waals surface area (Å²) in [7, 11) is 0. The fourth-order valence-electron chi connectivity index (χ4n) is 4.19. The number of allylic oxidation sites excluding steroid dienone is 2. The molecule has 1 aromatic carbocycles. The lowest BCUT2D eigenvalue weighted by Gasteiger charge is -2.34. The first kappa shape index (κ1) is 18.7. The van der Waals surface area contributed by atoms with Crippen LogP contribution in [0.5, 0.6) is 11.5 Å². The van der Waals surface area contributed by atoms with Gasteiger partial charge >= 0.3 is 5.97 Å². The van der Waals surface area contributed by atoms with Gasteiger partial charge in [-0.1, -0.05) is 19.4 Å². The highest BCUT2D eigenvalue weighted by Gasteiger charge is 2.43. The molecule has 1 aliphatic carbocycles. The lowest BCUT2D eigenvalue weighted by Crippen LogP contribution is -2.37. The second kappa shape index (κ2) is 7.78. The van der Waals surface area contributed by atoms with E-state index in [2.05, 4.69) is 4.99 Å². The number of rotatable bonds is 5. The van der Waals surface area contributed by atoms with Gasteiger partial charge in [0, 0.05) is 29.3 Å². The van der Waals surface area contributed by atoms with E-state index in [4.69, 9.17) is 14.2 Å². The lowest BCUT2D eigenvalue weighted by molar-refractivity contribution is -0.146. The number of fused-ring (bicyclic) bond motifs is 1. The van der Waals surface area contributed by atoms with Crippen LogP contribution in [0.3, 0.4) is 0 Å². The highest BCUT2D eigenvalue weighted by Crippen LogP contribution is 2.45. The normalized spacial score (nSPS) is 23.4. The van der Waals surface area contributed by atoms with Gasteiger partial charge in [-0.25, -0.2) is 0 Å². The molecule has 3 aliphatic rings. The van der Waals surface area contributed by atoms with Crippen molar-refractivity contribution in [1.82, 2.24) is 0 Å². The highest BCUT2D eigenvalue weighted by molar-refractivity contribution is 6.08. The SMILES string of the molecule is CCCCOC(=O)C1C(C)=NC2=C(C(=O)CCC2)[C@H]1c1ccc2c(c1)OCO2. The van der Waals surface area contributed by atoms with E-state index in [-0.39, 0.29) is 18.5 Å². The van der Waals surface area contributed by atoms with E-state index in [1.165, 1.54) is 0 Å². The van der Waals surface area contributed by atoms with Crippen molar-refractivity contribution in [1.29, 1.82) is 0 Å². The predicted molar refractivity (Wildman–Crippen MR) is 104 cm³/mol. The Morgan fingerprint density at radius 3 is 2.89 bits per heavy atom. The highest BCUT2D eigenvalue weighted by atomic mass is 16.7. The number of hydrogen-bond donors (Lipinski definition) is 0. The zero-order valence-electron chi connectivity index (χ0n) is 16.3. The number of unbranched alkanes of at least 4 members (excludes halogenated alkanes) is 1. The average Bonchev–Trinajstić information content (AvgIpc) is 3.15. The minimum absolute atomic E-state index is 0.0755. The molecule has 0 aromatic heterocycles. The molecular formula is C22H25NO5. The maximum absolute atomic E-state index is 13.0. The molecule has 0 N–H and O–H groups in total. The molecule has 0 radical (unpaired) electrons. The Labute approximate surface area is 164 Å². The Kier molecular flexibility index (Phi) is 5.20. The Balaban J connectivity index is 1.76. The van der Waals surface area contributed by atoms with Crippen LogP contribution >= 0.6 is 0 Å². The molecule has 4 rings (SSSR count). The van der Waals surface area contributed by atoms with Crippen LogP contribution in [0.15, 0.2) is 34.5 Å². The van der Waals surface area contributed by atoms with Crippen molar-refractivity contribution in [2.45, 2.75) is 51.9 Å². The van der Waals surface area contributed by atoms with Crippen LogP contribution in [0.4, 0.5) is 0 Å². The number of nitrogens with zero attached hydrogens (tertiary/aromatic N) is 1. The van der Waals surface area contributed by atoms with Crippen LogP contribution < -0.4 is 9.47 Å². The standard InChI is InChI=1S/C22H25NO5/c1-3-4-10-26-22(25)19-13(2)23-15-6-5-7-16(24)21(15)20(19)14-8-9-17-18(11-14)28-12-27-17/h8-9,11,19-20H,3-7,10,12H2,1-2H3/t19?,20-/m0/s1. The summed E-state index contributed by atoms with van der Waals surface area (Å²) in [5, 5.41) is 0. The summed E-state index contributed by atoms with van der Waals surface area (Å²) < 4.78 is 16.5. The molecule has 2 atom stereocenters. The number of Topliss-reactive ketones (excluding diaryl/α,β-unsaturated/α-hetero) is 1. The average molecular weight is 383 g/mol. The molecule has 6 nitrogen and oxygen atoms in total. The smallest absolute Gasteiger partial charge is 0.315 e. The van der Waals surface area contributed by atoms with Crippen molar-refractivity contribution in [3.63, 3.8) is 0 Å². The molecule has 148 valence electrons. The summed E-state index contributed by atoms with van der Waals surface area (Å²) in [6, 6.07) is 5.63. The predicted octanol–water partition coefficient (Wildman–Crippen LogP) is 3.94. The van der Waals surface area contributed by atoms with E-state index < -0.39 is 11.8 Å². The van der Waals surface area contributed by atoms with Crippen molar-refractivity contribution in [2.24, 2.45) is 10.9 Å². The first-order chi connectivity index (χ1) is 13.6. The number of benzene rings is 1. The monoisotopic (exact) mass is 383 g/mol. The molecular weight excluding hydrogens is 358 g/mol. The molecule has 2 aliphatic heterocycles. The van der Waals surface area contributed by atoms with Gasteiger partial charge in [0.15, 0.2) is 17.3 Å². The molecule has 1 aromatic rings. The van der Waals surface area contributed by atoms with Gasteiger partial charge in [-0.05, 0) is 43.9 Å². The zero-order valence-corrected chi connectivity index (χ0v) is 16.3. The number of carbonyl (C=O) groups is 2. The van der Waals surface area contributed by atoms with Crippen molar-refractivity contribution in [3.05, 3.63) is 35.0 Å². The summed E-state index contributed by atoms with van der Waals surface area (Å²) in [4.78, 5) is 30.5. The molecule has 0 bridgehead atoms. The van der Waals surface area contributed by atoms with Crippen LogP contribution in [-0.4, -0.2) is 30.9 Å². The third kappa shape index (κ3) is 3.32. The van der Waals surface area contributed by atoms with Crippen LogP contribution in [0.1, 0.15) is 57.4 Å². The molecule has 0 saturated heterocycles. The second-order valence-electron chi connectivity index (χ2n) is 7.48. The zero-order chi connectivity index (χ0) is 19.7. The number of ketones is 1. The molecule has 28 heavy (non-hydrogen) atoms. The number of aliphatic imine (C=N–C) groups is 1. The van der Waals surface area contributed by atoms with Crippen molar-refractivity contribution < 1.29 is 23.8 Å². The van der Waals surface area contributed by atoms with Crippen LogP contribution in [-0.2, 0) is 14.3 Å². The summed E-state index contributed by atoms with van der Waals surface area (Å²) >= 11 is 0. The van der Waals surface area contributed by atoms with Crippen molar-refractivity contribution in [3.8, 4) is 11.5 Å². The van der Waals surface area contributed by atoms with Gasteiger partial charge < -0.3 is 14.2 Å². The molecule has 6 heteroatoms. The Morgan fingerprint density at radius 2 is 2.07 bits per heavy atom. The van der Waals surface area contributed by atoms with E-state index in [0.717, 1.165) is 36.9 Å². The summed E-state index contributed by atoms with van der Waals surface area (Å²) in [5.74, 6) is 0.0770. The first-order valence-electron chi connectivity index (χ1n) is 9.97. The van der Waals surface area contributed by atoms with Gasteiger partial charge in [0.05, 0.1) is 6.61 Å². The maximum atomic E-state index is 13.0. The van der Waals surface area contributed by atoms with Crippen LogP contribution in [0.25, 0.3) is 0 Å². The summed E-state index contributed by atoms with van der Waals surface area (Å²) in [5.41, 5.74) is 3.04. The molecule has 0 spiro atoms. The van der Waals surface area contributed by atoms with Crippen molar-refractivity contribution >= 4 is 17.5 Å². The second-order valence-corrected chi connectivity index (χ2v) is 7.48. The molecule has 0 fully saturated rings. The summed E-state index contributed by atoms with van der Waals surface area (Å²) in [6.45, 7) is 4.47. The van der Waals surface area contributed by atoms with Crippen LogP contribution in [0, 0.1) is 5.92 Å². The summed E-state index contributed by atoms with van der Waals surface area (Å²) in [6.07, 6.45) is 3.82. The number of ether oxygens (including phenoxy) is 3. The van der Waals surface area contributed by atoms with E-state index in [0.29, 0.717) is 35.8 Å². The van der Waals surface area contributed by atoms with Crippen molar-refractivity contribution in [2.75, 3.05) is 13.4 Å². The van der Waals surface area contributed by atoms with E-state index in [1.54, 1.807) is 0 Å². The quantitative estimate of drug-likeness (QED) is 0.569. The van der Waals surface area contributed by atoms with Gasteiger partial charge in [0.1, 0.15) is 5.92 Å². The Hall–Kier alpha value is -2.63. The molecule has 2 heterocycles. The first-order valence-corrected chi connectivity index (χ1v) is 9.97. The molecule has 1 unspecified atom stereocenters. The van der Waals surface area contributed by atoms with Crippen LogP contribution in [0.2, 0.25) is 0 Å². The topological polar surface area (TPSA) is 74.2 Å². The minimum atomic E-state index is -0.599. The van der Waals surface area contributed by atoms with Gasteiger partial charge in [-0.15, -0.1) is 0 Å². The van der Waals surface area contributed by atoms with Gasteiger partial charge in [-0.3, -0.25) is 14.6 Å². The Bertz CT molecular complexity index is 870. The number of esters is 1. The van der Waals surface area contributed by atoms with E-state index >= 15 is 0 Å². The van der Waals surface area contributed by atoms with E-state index in [9.17, 15) is 9.59 Å². The fourth-order valence-corrected chi connectivity index (χ4v) is 4.19. The minimum Gasteiger partial charge on any atom is -0.465 e. The third-order valence-corrected chi connectivity index (χ3v) is 5.59. The maximum Gasteiger partial charge on any atom is 0.315 e. The van der Waals surface area contributed by atoms with Gasteiger partial charge in [0.2, 0.25) is 6.79 Å². The largest absolute Gasteiger partial charge is 0.465 e. The Morgan fingerprint density at radius 1 is 1.25 bits per heavy atom. The van der Waals surface area contributed by atoms with Gasteiger partial charge in [0.25, 0.3) is 0 Å². The fraction of sp³-hybridized carbons (Fsp3) is 0.500. The lowest BCUT2D eigenvalue weighted by atomic mass is 9.71. The molecule has 0 amide bonds. The molecule has 0 saturated carbocycles. The van der Waals surface area contributed by atoms with E-state index in [1.807, 2.05) is 32.0 Å². The van der Waals surface area contributed by atoms with Gasteiger partial charge in [-0.2, -0.15) is 0 Å².